The Bertz CT molecular complexity index is 1380. The number of anilines is 1. The summed E-state index contributed by atoms with van der Waals surface area (Å²) >= 11 is 1.43. The molecule has 0 radical (unpaired) electrons. The van der Waals surface area contributed by atoms with Crippen LogP contribution in [0.3, 0.4) is 0 Å². The largest absolute Gasteiger partial charge is 0.488 e. The number of fused-ring (bicyclic) bond motifs is 1. The van der Waals surface area contributed by atoms with Crippen molar-refractivity contribution in [2.45, 2.75) is 17.9 Å². The molecular weight excluding hydrogens is 478 g/mol. The van der Waals surface area contributed by atoms with Crippen LogP contribution in [0.1, 0.15) is 17.4 Å². The number of carbonyl (C=O) groups excluding carboxylic acids is 1. The summed E-state index contributed by atoms with van der Waals surface area (Å²) in [5.41, 5.74) is 0.732. The van der Waals surface area contributed by atoms with Gasteiger partial charge < -0.3 is 19.5 Å². The number of hydrogen-bond acceptors (Lipinski definition) is 8. The van der Waals surface area contributed by atoms with Crippen molar-refractivity contribution in [3.63, 3.8) is 0 Å². The van der Waals surface area contributed by atoms with Crippen LogP contribution in [0.25, 0.3) is 4.96 Å². The number of hydrogen-bond donors (Lipinski definition) is 1. The Morgan fingerprint density at radius 3 is 2.56 bits per heavy atom. The molecule has 0 aliphatic heterocycles. The molecule has 0 saturated heterocycles. The number of sulfone groups is 1. The van der Waals surface area contributed by atoms with E-state index >= 15 is 0 Å². The van der Waals surface area contributed by atoms with E-state index in [-0.39, 0.29) is 22.6 Å². The Kier molecular flexibility index (Phi) is 6.87. The van der Waals surface area contributed by atoms with E-state index in [1.807, 2.05) is 18.5 Å². The van der Waals surface area contributed by atoms with E-state index in [0.29, 0.717) is 29.5 Å². The molecule has 0 spiro atoms. The molecule has 2 heterocycles. The minimum Gasteiger partial charge on any atom is -0.488 e. The van der Waals surface area contributed by atoms with Crippen LogP contribution in [0.2, 0.25) is 0 Å². The van der Waals surface area contributed by atoms with Gasteiger partial charge in [0.05, 0.1) is 11.5 Å². The number of imidazole rings is 1. The lowest BCUT2D eigenvalue weighted by Crippen LogP contribution is -2.18. The standard InChI is InChI=1S/C23H23N3O6S2/c1-15(14-30-2)31-18-10-16(24-22(27)21-13-26-8-9-33-23(26)25-21)11-19(12-18)32-17-4-6-20(7-5-17)34(3,28)29/h4-13,15H,14H2,1-3H3,(H,24,27)/t15-/m0/s1. The summed E-state index contributed by atoms with van der Waals surface area (Å²) in [7, 11) is -1.73. The quantitative estimate of drug-likeness (QED) is 0.365. The summed E-state index contributed by atoms with van der Waals surface area (Å²) in [6, 6.07) is 11.1. The second-order valence-electron chi connectivity index (χ2n) is 7.60. The Balaban J connectivity index is 1.59. The molecule has 9 nitrogen and oxygen atoms in total. The predicted octanol–water partition coefficient (Wildman–Crippen LogP) is 4.26. The van der Waals surface area contributed by atoms with Gasteiger partial charge in [-0.2, -0.15) is 0 Å². The van der Waals surface area contributed by atoms with Gasteiger partial charge in [0.2, 0.25) is 0 Å². The summed E-state index contributed by atoms with van der Waals surface area (Å²) in [4.78, 5) is 18.0. The zero-order valence-corrected chi connectivity index (χ0v) is 20.4. The van der Waals surface area contributed by atoms with Crippen molar-refractivity contribution in [1.82, 2.24) is 9.38 Å². The van der Waals surface area contributed by atoms with Crippen molar-refractivity contribution in [2.24, 2.45) is 0 Å². The third kappa shape index (κ3) is 5.74. The average Bonchev–Trinajstić information content (AvgIpc) is 3.36. The summed E-state index contributed by atoms with van der Waals surface area (Å²) in [6.07, 6.45) is 4.39. The van der Waals surface area contributed by atoms with Gasteiger partial charge in [0.25, 0.3) is 5.91 Å². The van der Waals surface area contributed by atoms with Crippen LogP contribution in [0, 0.1) is 0 Å². The van der Waals surface area contributed by atoms with E-state index in [0.717, 1.165) is 11.2 Å². The molecule has 178 valence electrons. The van der Waals surface area contributed by atoms with Crippen LogP contribution in [-0.2, 0) is 14.6 Å². The number of benzene rings is 2. The van der Waals surface area contributed by atoms with Crippen molar-refractivity contribution in [3.05, 3.63) is 65.9 Å². The van der Waals surface area contributed by atoms with Gasteiger partial charge in [0.15, 0.2) is 14.8 Å². The number of thiazole rings is 1. The number of methoxy groups -OCH3 is 1. The number of aromatic nitrogens is 2. The number of nitrogens with zero attached hydrogens (tertiary/aromatic N) is 2. The number of carbonyl (C=O) groups is 1. The predicted molar refractivity (Wildman–Crippen MR) is 129 cm³/mol. The smallest absolute Gasteiger partial charge is 0.275 e. The number of ether oxygens (including phenoxy) is 3. The second kappa shape index (κ2) is 9.84. The van der Waals surface area contributed by atoms with E-state index in [2.05, 4.69) is 10.3 Å². The average molecular weight is 502 g/mol. The molecule has 1 atom stereocenters. The summed E-state index contributed by atoms with van der Waals surface area (Å²) in [5.74, 6) is 0.925. The van der Waals surface area contributed by atoms with Gasteiger partial charge in [0.1, 0.15) is 29.0 Å². The molecule has 4 rings (SSSR count). The van der Waals surface area contributed by atoms with Crippen molar-refractivity contribution in [1.29, 1.82) is 0 Å². The highest BCUT2D eigenvalue weighted by Gasteiger charge is 2.15. The van der Waals surface area contributed by atoms with Crippen LogP contribution in [-0.4, -0.2) is 49.8 Å². The van der Waals surface area contributed by atoms with Gasteiger partial charge >= 0.3 is 0 Å². The molecule has 1 amide bonds. The van der Waals surface area contributed by atoms with Gasteiger partial charge in [-0.15, -0.1) is 11.3 Å². The zero-order chi connectivity index (χ0) is 24.3. The highest BCUT2D eigenvalue weighted by atomic mass is 32.2. The number of nitrogens with one attached hydrogen (secondary N) is 1. The third-order valence-corrected chi connectivity index (χ3v) is 6.59. The SMILES string of the molecule is COC[C@H](C)Oc1cc(NC(=O)c2cn3ccsc3n2)cc(Oc2ccc(S(C)(=O)=O)cc2)c1. The summed E-state index contributed by atoms with van der Waals surface area (Å²) < 4.78 is 42.1. The maximum atomic E-state index is 12.8. The van der Waals surface area contributed by atoms with Gasteiger partial charge in [-0.1, -0.05) is 0 Å². The normalized spacial score (nSPS) is 12.4. The first-order chi connectivity index (χ1) is 16.2. The molecule has 0 fully saturated rings. The van der Waals surface area contributed by atoms with Gasteiger partial charge in [0, 0.05) is 55.0 Å². The highest BCUT2D eigenvalue weighted by Crippen LogP contribution is 2.31. The summed E-state index contributed by atoms with van der Waals surface area (Å²) in [5, 5.41) is 4.72. The minimum absolute atomic E-state index is 0.193. The van der Waals surface area contributed by atoms with Crippen molar-refractivity contribution in [2.75, 3.05) is 25.3 Å². The molecule has 2 aromatic heterocycles. The molecular formula is C23H23N3O6S2. The number of amides is 1. The lowest BCUT2D eigenvalue weighted by molar-refractivity contribution is 0.0920. The van der Waals surface area contributed by atoms with Crippen molar-refractivity contribution < 1.29 is 27.4 Å². The Labute approximate surface area is 200 Å². The first-order valence-electron chi connectivity index (χ1n) is 10.2. The maximum absolute atomic E-state index is 12.8. The van der Waals surface area contributed by atoms with Crippen molar-refractivity contribution in [3.8, 4) is 17.2 Å². The molecule has 0 saturated carbocycles. The van der Waals surface area contributed by atoms with Gasteiger partial charge in [-0.05, 0) is 31.2 Å². The summed E-state index contributed by atoms with van der Waals surface area (Å²) in [6.45, 7) is 2.24. The lowest BCUT2D eigenvalue weighted by atomic mass is 10.2. The monoisotopic (exact) mass is 501 g/mol. The van der Waals surface area contributed by atoms with Crippen LogP contribution < -0.4 is 14.8 Å². The molecule has 11 heteroatoms. The Hall–Kier alpha value is -3.41. The second-order valence-corrected chi connectivity index (χ2v) is 10.5. The Morgan fingerprint density at radius 2 is 1.88 bits per heavy atom. The molecule has 0 unspecified atom stereocenters. The number of rotatable bonds is 9. The van der Waals surface area contributed by atoms with Gasteiger partial charge in [-0.25, -0.2) is 13.4 Å². The van der Waals surface area contributed by atoms with Crippen LogP contribution in [0.15, 0.2) is 65.1 Å². The molecule has 0 bridgehead atoms. The van der Waals surface area contributed by atoms with E-state index in [1.165, 1.54) is 23.5 Å². The highest BCUT2D eigenvalue weighted by molar-refractivity contribution is 7.90. The molecule has 1 N–H and O–H groups in total. The van der Waals surface area contributed by atoms with E-state index in [1.54, 1.807) is 48.0 Å². The van der Waals surface area contributed by atoms with Gasteiger partial charge in [-0.3, -0.25) is 9.20 Å². The van der Waals surface area contributed by atoms with E-state index in [4.69, 9.17) is 14.2 Å². The van der Waals surface area contributed by atoms with E-state index in [9.17, 15) is 13.2 Å². The molecule has 0 aliphatic rings. The Morgan fingerprint density at radius 1 is 1.15 bits per heavy atom. The minimum atomic E-state index is -3.31. The third-order valence-electron chi connectivity index (χ3n) is 4.69. The van der Waals surface area contributed by atoms with E-state index < -0.39 is 9.84 Å². The molecule has 0 aliphatic carbocycles. The fraction of sp³-hybridized carbons (Fsp3) is 0.217. The fourth-order valence-electron chi connectivity index (χ4n) is 3.19. The van der Waals surface area contributed by atoms with Crippen LogP contribution in [0.4, 0.5) is 5.69 Å². The fourth-order valence-corrected chi connectivity index (χ4v) is 4.53. The first kappa shape index (κ1) is 23.7. The van der Waals surface area contributed by atoms with Crippen LogP contribution >= 0.6 is 11.3 Å². The first-order valence-corrected chi connectivity index (χ1v) is 13.0. The lowest BCUT2D eigenvalue weighted by Gasteiger charge is -2.16. The van der Waals surface area contributed by atoms with Crippen molar-refractivity contribution >= 4 is 37.7 Å². The molecule has 34 heavy (non-hydrogen) atoms. The molecule has 2 aromatic carbocycles. The topological polar surface area (TPSA) is 108 Å². The maximum Gasteiger partial charge on any atom is 0.275 e. The zero-order valence-electron chi connectivity index (χ0n) is 18.7. The molecule has 4 aromatic rings. The van der Waals surface area contributed by atoms with Crippen LogP contribution in [0.5, 0.6) is 17.2 Å².